The van der Waals surface area contributed by atoms with E-state index in [1.165, 1.54) is 41.5 Å². The number of pyridine rings is 1. The van der Waals surface area contributed by atoms with Crippen LogP contribution in [0.15, 0.2) is 39.9 Å². The summed E-state index contributed by atoms with van der Waals surface area (Å²) in [7, 11) is 0. The van der Waals surface area contributed by atoms with Crippen LogP contribution in [0.2, 0.25) is 0 Å². The summed E-state index contributed by atoms with van der Waals surface area (Å²) in [5.41, 5.74) is 2.04. The Bertz CT molecular complexity index is 1240. The predicted octanol–water partition coefficient (Wildman–Crippen LogP) is 4.28. The van der Waals surface area contributed by atoms with Crippen molar-refractivity contribution >= 4 is 49.4 Å². The second-order valence-corrected chi connectivity index (χ2v) is 10.5. The van der Waals surface area contributed by atoms with Gasteiger partial charge in [0, 0.05) is 24.7 Å². The first-order valence-electron chi connectivity index (χ1n) is 11.7. The van der Waals surface area contributed by atoms with Crippen LogP contribution in [0.1, 0.15) is 44.9 Å². The average molecular weight is 485 g/mol. The first-order valence-corrected chi connectivity index (χ1v) is 13.5. The lowest BCUT2D eigenvalue weighted by molar-refractivity contribution is -0.118. The van der Waals surface area contributed by atoms with E-state index in [4.69, 9.17) is 9.72 Å². The molecular weight excluding hydrogens is 456 g/mol. The van der Waals surface area contributed by atoms with E-state index < -0.39 is 0 Å². The Labute approximate surface area is 200 Å². The molecule has 0 bridgehead atoms. The SMILES string of the molecule is O=C(CSc1nc2c(sc3ncccc32)c(=O)n1CC1CCCO1)NCCC1=CCCCC1. The smallest absolute Gasteiger partial charge is 0.272 e. The highest BCUT2D eigenvalue weighted by molar-refractivity contribution is 7.99. The molecule has 1 saturated heterocycles. The summed E-state index contributed by atoms with van der Waals surface area (Å²) in [6, 6.07) is 3.80. The van der Waals surface area contributed by atoms with E-state index in [1.54, 1.807) is 10.8 Å². The average Bonchev–Trinajstić information content (AvgIpc) is 3.48. The highest BCUT2D eigenvalue weighted by Crippen LogP contribution is 2.31. The van der Waals surface area contributed by atoms with Gasteiger partial charge in [0.25, 0.3) is 5.56 Å². The molecule has 1 aliphatic carbocycles. The molecule has 3 aromatic rings. The third-order valence-electron chi connectivity index (χ3n) is 6.21. The molecule has 174 valence electrons. The number of ether oxygens (including phenoxy) is 1. The van der Waals surface area contributed by atoms with Crippen molar-refractivity contribution in [2.24, 2.45) is 0 Å². The molecule has 1 atom stereocenters. The Kier molecular flexibility index (Phi) is 7.08. The Morgan fingerprint density at radius 2 is 2.27 bits per heavy atom. The second kappa shape index (κ2) is 10.4. The topological polar surface area (TPSA) is 86.1 Å². The van der Waals surface area contributed by atoms with Crippen molar-refractivity contribution in [2.45, 2.75) is 62.8 Å². The second-order valence-electron chi connectivity index (χ2n) is 8.58. The number of aromatic nitrogens is 3. The minimum atomic E-state index is -0.0781. The van der Waals surface area contributed by atoms with E-state index in [0.717, 1.165) is 48.9 Å². The number of hydrogen-bond donors (Lipinski definition) is 1. The molecule has 4 heterocycles. The summed E-state index contributed by atoms with van der Waals surface area (Å²) in [5, 5.41) is 4.47. The molecular formula is C24H28N4O3S2. The Hall–Kier alpha value is -2.23. The molecule has 0 spiro atoms. The number of amides is 1. The number of carbonyl (C=O) groups is 1. The van der Waals surface area contributed by atoms with Gasteiger partial charge in [-0.15, -0.1) is 11.3 Å². The van der Waals surface area contributed by atoms with Gasteiger partial charge >= 0.3 is 0 Å². The third-order valence-corrected chi connectivity index (χ3v) is 8.28. The molecule has 0 saturated carbocycles. The summed E-state index contributed by atoms with van der Waals surface area (Å²) < 4.78 is 8.08. The fourth-order valence-corrected chi connectivity index (χ4v) is 6.34. The number of rotatable bonds is 8. The third kappa shape index (κ3) is 5.15. The summed E-state index contributed by atoms with van der Waals surface area (Å²) in [4.78, 5) is 36.0. The summed E-state index contributed by atoms with van der Waals surface area (Å²) in [5.74, 6) is 0.189. The van der Waals surface area contributed by atoms with Gasteiger partial charge in [0.15, 0.2) is 5.16 Å². The molecule has 0 aromatic carbocycles. The maximum Gasteiger partial charge on any atom is 0.272 e. The van der Waals surface area contributed by atoms with Gasteiger partial charge in [-0.1, -0.05) is 23.4 Å². The van der Waals surface area contributed by atoms with Crippen molar-refractivity contribution < 1.29 is 9.53 Å². The highest BCUT2D eigenvalue weighted by Gasteiger charge is 2.22. The first-order chi connectivity index (χ1) is 16.2. The maximum atomic E-state index is 13.4. The fourth-order valence-electron chi connectivity index (χ4n) is 4.48. The molecule has 1 N–H and O–H groups in total. The van der Waals surface area contributed by atoms with Crippen LogP contribution in [0.3, 0.4) is 0 Å². The molecule has 9 heteroatoms. The number of thiophene rings is 1. The number of fused-ring (bicyclic) bond motifs is 3. The van der Waals surface area contributed by atoms with Gasteiger partial charge in [-0.25, -0.2) is 9.97 Å². The normalized spacial score (nSPS) is 18.7. The number of thioether (sulfide) groups is 1. The van der Waals surface area contributed by atoms with Gasteiger partial charge in [-0.05, 0) is 57.1 Å². The van der Waals surface area contributed by atoms with Crippen molar-refractivity contribution in [1.82, 2.24) is 19.9 Å². The molecule has 5 rings (SSSR count). The van der Waals surface area contributed by atoms with Crippen LogP contribution in [-0.4, -0.2) is 45.5 Å². The zero-order valence-corrected chi connectivity index (χ0v) is 20.2. The summed E-state index contributed by atoms with van der Waals surface area (Å²) in [6.45, 7) is 1.84. The van der Waals surface area contributed by atoms with Crippen molar-refractivity contribution in [3.05, 3.63) is 40.3 Å². The van der Waals surface area contributed by atoms with Crippen molar-refractivity contribution in [2.75, 3.05) is 18.9 Å². The van der Waals surface area contributed by atoms with Crippen LogP contribution in [-0.2, 0) is 16.1 Å². The molecule has 1 fully saturated rings. The van der Waals surface area contributed by atoms with Gasteiger partial charge in [0.05, 0.1) is 23.9 Å². The van der Waals surface area contributed by atoms with E-state index in [-0.39, 0.29) is 23.3 Å². The Morgan fingerprint density at radius 3 is 3.09 bits per heavy atom. The zero-order chi connectivity index (χ0) is 22.6. The van der Waals surface area contributed by atoms with Crippen LogP contribution < -0.4 is 10.9 Å². The first kappa shape index (κ1) is 22.6. The van der Waals surface area contributed by atoms with E-state index in [1.807, 2.05) is 12.1 Å². The Morgan fingerprint density at radius 1 is 1.33 bits per heavy atom. The number of nitrogens with zero attached hydrogens (tertiary/aromatic N) is 3. The van der Waals surface area contributed by atoms with E-state index in [2.05, 4.69) is 16.4 Å². The molecule has 1 aliphatic heterocycles. The van der Waals surface area contributed by atoms with Crippen LogP contribution >= 0.6 is 23.1 Å². The van der Waals surface area contributed by atoms with Gasteiger partial charge in [0.1, 0.15) is 9.53 Å². The van der Waals surface area contributed by atoms with Gasteiger partial charge in [-0.2, -0.15) is 0 Å². The van der Waals surface area contributed by atoms with Crippen LogP contribution in [0.25, 0.3) is 20.4 Å². The predicted molar refractivity (Wildman–Crippen MR) is 133 cm³/mol. The number of carbonyl (C=O) groups excluding carboxylic acids is 1. The van der Waals surface area contributed by atoms with Crippen LogP contribution in [0, 0.1) is 0 Å². The lowest BCUT2D eigenvalue weighted by atomic mass is 9.97. The summed E-state index contributed by atoms with van der Waals surface area (Å²) >= 11 is 2.70. The lowest BCUT2D eigenvalue weighted by Crippen LogP contribution is -2.30. The fraction of sp³-hybridized carbons (Fsp3) is 0.500. The minimum absolute atomic E-state index is 0.00592. The van der Waals surface area contributed by atoms with Crippen molar-refractivity contribution in [3.63, 3.8) is 0 Å². The molecule has 1 unspecified atom stereocenters. The standard InChI is InChI=1S/C24H28N4O3S2/c29-19(25-12-10-16-6-2-1-3-7-16)15-32-24-27-20-18-9-4-11-26-22(18)33-21(20)23(30)28(24)14-17-8-5-13-31-17/h4,6,9,11,17H,1-3,5,7-8,10,12-15H2,(H,25,29). The van der Waals surface area contributed by atoms with Gasteiger partial charge < -0.3 is 10.1 Å². The number of nitrogens with one attached hydrogen (secondary N) is 1. The molecule has 1 amide bonds. The van der Waals surface area contributed by atoms with Crippen LogP contribution in [0.5, 0.6) is 0 Å². The largest absolute Gasteiger partial charge is 0.376 e. The molecule has 33 heavy (non-hydrogen) atoms. The molecule has 2 aliphatic rings. The minimum Gasteiger partial charge on any atom is -0.376 e. The molecule has 7 nitrogen and oxygen atoms in total. The molecule has 0 radical (unpaired) electrons. The quantitative estimate of drug-likeness (QED) is 0.292. The van der Waals surface area contributed by atoms with E-state index in [0.29, 0.717) is 28.5 Å². The number of allylic oxidation sites excluding steroid dienone is 1. The van der Waals surface area contributed by atoms with E-state index >= 15 is 0 Å². The zero-order valence-electron chi connectivity index (χ0n) is 18.5. The molecule has 3 aromatic heterocycles. The summed E-state index contributed by atoms with van der Waals surface area (Å²) in [6.07, 6.45) is 11.7. The highest BCUT2D eigenvalue weighted by atomic mass is 32.2. The van der Waals surface area contributed by atoms with E-state index in [9.17, 15) is 9.59 Å². The van der Waals surface area contributed by atoms with Crippen LogP contribution in [0.4, 0.5) is 0 Å². The maximum absolute atomic E-state index is 13.4. The Balaban J connectivity index is 1.34. The van der Waals surface area contributed by atoms with Crippen molar-refractivity contribution in [3.8, 4) is 0 Å². The van der Waals surface area contributed by atoms with Gasteiger partial charge in [0.2, 0.25) is 5.91 Å². The number of hydrogen-bond acceptors (Lipinski definition) is 7. The van der Waals surface area contributed by atoms with Gasteiger partial charge in [-0.3, -0.25) is 14.2 Å². The van der Waals surface area contributed by atoms with Crippen molar-refractivity contribution in [1.29, 1.82) is 0 Å². The monoisotopic (exact) mass is 484 g/mol. The lowest BCUT2D eigenvalue weighted by Gasteiger charge is -2.16.